The van der Waals surface area contributed by atoms with Gasteiger partial charge in [0.2, 0.25) is 0 Å². The summed E-state index contributed by atoms with van der Waals surface area (Å²) < 4.78 is 0. The molecule has 2 bridgehead atoms. The number of imide groups is 1. The number of rotatable bonds is 1. The summed E-state index contributed by atoms with van der Waals surface area (Å²) in [7, 11) is 0. The smallest absolute Gasteiger partial charge is 0.332 e. The van der Waals surface area contributed by atoms with Gasteiger partial charge in [-0.3, -0.25) is 4.79 Å². The lowest BCUT2D eigenvalue weighted by molar-refractivity contribution is -0.120. The van der Waals surface area contributed by atoms with Crippen molar-refractivity contribution in [1.29, 1.82) is 0 Å². The van der Waals surface area contributed by atoms with Gasteiger partial charge in [-0.2, -0.15) is 0 Å². The van der Waals surface area contributed by atoms with Crippen LogP contribution in [-0.2, 0) is 4.79 Å². The van der Waals surface area contributed by atoms with Crippen LogP contribution in [-0.4, -0.2) is 58.0 Å². The molecule has 3 aliphatic heterocycles. The summed E-state index contributed by atoms with van der Waals surface area (Å²) in [4.78, 5) is 44.1. The second kappa shape index (κ2) is 5.95. The molecule has 0 aliphatic carbocycles. The lowest BCUT2D eigenvalue weighted by atomic mass is 10.1. The number of urea groups is 2. The normalized spacial score (nSPS) is 25.9. The Bertz CT molecular complexity index is 1040. The number of benzene rings is 2. The van der Waals surface area contributed by atoms with E-state index in [2.05, 4.69) is 5.32 Å². The van der Waals surface area contributed by atoms with Gasteiger partial charge in [-0.05, 0) is 38.6 Å². The molecule has 2 unspecified atom stereocenters. The van der Waals surface area contributed by atoms with Crippen molar-refractivity contribution in [3.63, 3.8) is 0 Å². The molecule has 29 heavy (non-hydrogen) atoms. The standard InChI is InChI=1S/C22H24N4O3/c1-22(2,3)23-20(28)24-12-14-11-17(24)18-19(27)26(21(29)25(14)18)16-10-6-8-13-7-4-5-9-15(13)16/h4-10,14,17-18H,11-12H2,1-3H3,(H,23,28)/t14?,17?,18-/m1/s1. The molecule has 3 aliphatic rings. The molecule has 3 fully saturated rings. The van der Waals surface area contributed by atoms with Crippen LogP contribution in [0.2, 0.25) is 0 Å². The zero-order valence-corrected chi connectivity index (χ0v) is 16.8. The number of piperazine rings is 1. The van der Waals surface area contributed by atoms with Gasteiger partial charge in [-0.25, -0.2) is 14.5 Å². The molecule has 1 N–H and O–H groups in total. The van der Waals surface area contributed by atoms with Crippen LogP contribution in [0, 0.1) is 0 Å². The van der Waals surface area contributed by atoms with E-state index >= 15 is 0 Å². The summed E-state index contributed by atoms with van der Waals surface area (Å²) in [5, 5.41) is 4.82. The summed E-state index contributed by atoms with van der Waals surface area (Å²) in [5.41, 5.74) is 0.251. The van der Waals surface area contributed by atoms with E-state index in [9.17, 15) is 14.4 Å². The first-order chi connectivity index (χ1) is 13.8. The molecule has 0 radical (unpaired) electrons. The molecule has 3 atom stereocenters. The van der Waals surface area contributed by atoms with Crippen molar-refractivity contribution in [2.75, 3.05) is 11.4 Å². The van der Waals surface area contributed by atoms with Crippen LogP contribution in [0.15, 0.2) is 42.5 Å². The van der Waals surface area contributed by atoms with E-state index in [-0.39, 0.29) is 35.6 Å². The molecule has 7 nitrogen and oxygen atoms in total. The number of nitrogens with zero attached hydrogens (tertiary/aromatic N) is 3. The van der Waals surface area contributed by atoms with Crippen LogP contribution in [0.3, 0.4) is 0 Å². The first-order valence-electron chi connectivity index (χ1n) is 9.99. The minimum atomic E-state index is -0.606. The molecule has 5 rings (SSSR count). The summed E-state index contributed by atoms with van der Waals surface area (Å²) in [5.74, 6) is -0.243. The van der Waals surface area contributed by atoms with Crippen LogP contribution in [0.1, 0.15) is 27.2 Å². The molecular formula is C22H24N4O3. The Morgan fingerprint density at radius 2 is 1.79 bits per heavy atom. The minimum absolute atomic E-state index is 0.118. The Balaban J connectivity index is 1.48. The Labute approximate surface area is 169 Å². The third-order valence-electron chi connectivity index (χ3n) is 6.01. The van der Waals surface area contributed by atoms with Crippen molar-refractivity contribution >= 4 is 34.4 Å². The third-order valence-corrected chi connectivity index (χ3v) is 6.01. The van der Waals surface area contributed by atoms with E-state index in [1.54, 1.807) is 9.80 Å². The molecule has 0 spiro atoms. The van der Waals surface area contributed by atoms with E-state index in [1.165, 1.54) is 4.90 Å². The summed E-state index contributed by atoms with van der Waals surface area (Å²) in [6.45, 7) is 6.25. The Hall–Kier alpha value is -3.09. The zero-order chi connectivity index (χ0) is 20.5. The van der Waals surface area contributed by atoms with Gasteiger partial charge in [0.05, 0.1) is 17.8 Å². The fourth-order valence-corrected chi connectivity index (χ4v) is 4.91. The van der Waals surface area contributed by atoms with Crippen molar-refractivity contribution in [1.82, 2.24) is 15.1 Å². The molecule has 0 saturated carbocycles. The Morgan fingerprint density at radius 3 is 2.55 bits per heavy atom. The number of likely N-dealkylation sites (tertiary alicyclic amines) is 1. The number of carbonyl (C=O) groups excluding carboxylic acids is 3. The van der Waals surface area contributed by atoms with E-state index in [4.69, 9.17) is 0 Å². The second-order valence-corrected chi connectivity index (χ2v) is 9.10. The first-order valence-corrected chi connectivity index (χ1v) is 9.99. The van der Waals surface area contributed by atoms with Crippen molar-refractivity contribution in [2.45, 2.75) is 50.9 Å². The Kier molecular flexibility index (Phi) is 3.69. The predicted octanol–water partition coefficient (Wildman–Crippen LogP) is 2.94. The van der Waals surface area contributed by atoms with Crippen molar-refractivity contribution in [2.24, 2.45) is 0 Å². The molecule has 7 heteroatoms. The molecular weight excluding hydrogens is 368 g/mol. The van der Waals surface area contributed by atoms with Crippen LogP contribution < -0.4 is 10.2 Å². The van der Waals surface area contributed by atoms with Crippen LogP contribution >= 0.6 is 0 Å². The summed E-state index contributed by atoms with van der Waals surface area (Å²) >= 11 is 0. The highest BCUT2D eigenvalue weighted by molar-refractivity contribution is 6.25. The highest BCUT2D eigenvalue weighted by Crippen LogP contribution is 2.43. The third kappa shape index (κ3) is 2.60. The van der Waals surface area contributed by atoms with E-state index in [0.717, 1.165) is 10.8 Å². The molecule has 150 valence electrons. The maximum atomic E-state index is 13.4. The second-order valence-electron chi connectivity index (χ2n) is 9.10. The zero-order valence-electron chi connectivity index (χ0n) is 16.8. The Morgan fingerprint density at radius 1 is 1.07 bits per heavy atom. The number of nitrogens with one attached hydrogen (secondary N) is 1. The van der Waals surface area contributed by atoms with Gasteiger partial charge in [0, 0.05) is 17.5 Å². The predicted molar refractivity (Wildman–Crippen MR) is 110 cm³/mol. The number of amides is 5. The van der Waals surface area contributed by atoms with Gasteiger partial charge in [0.25, 0.3) is 5.91 Å². The van der Waals surface area contributed by atoms with Crippen molar-refractivity contribution in [3.8, 4) is 0 Å². The lowest BCUT2D eigenvalue weighted by Crippen LogP contribution is -2.59. The molecule has 3 heterocycles. The van der Waals surface area contributed by atoms with Gasteiger partial charge in [0.15, 0.2) is 0 Å². The topological polar surface area (TPSA) is 73.0 Å². The molecule has 3 saturated heterocycles. The van der Waals surface area contributed by atoms with Gasteiger partial charge < -0.3 is 15.1 Å². The maximum absolute atomic E-state index is 13.4. The fraction of sp³-hybridized carbons (Fsp3) is 0.409. The van der Waals surface area contributed by atoms with Gasteiger partial charge in [0.1, 0.15) is 6.04 Å². The summed E-state index contributed by atoms with van der Waals surface area (Å²) in [6.07, 6.45) is 0.656. The van der Waals surface area contributed by atoms with E-state index in [0.29, 0.717) is 18.7 Å². The summed E-state index contributed by atoms with van der Waals surface area (Å²) in [6, 6.07) is 11.9. The van der Waals surface area contributed by atoms with E-state index in [1.807, 2.05) is 63.2 Å². The molecule has 2 aromatic rings. The minimum Gasteiger partial charge on any atom is -0.333 e. The lowest BCUT2D eigenvalue weighted by Gasteiger charge is -2.36. The molecule has 5 amide bonds. The van der Waals surface area contributed by atoms with Crippen LogP contribution in [0.5, 0.6) is 0 Å². The number of hydrogen-bond donors (Lipinski definition) is 1. The quantitative estimate of drug-likeness (QED) is 0.759. The van der Waals surface area contributed by atoms with Crippen molar-refractivity contribution < 1.29 is 14.4 Å². The van der Waals surface area contributed by atoms with Gasteiger partial charge in [-0.1, -0.05) is 36.4 Å². The monoisotopic (exact) mass is 392 g/mol. The first kappa shape index (κ1) is 18.0. The van der Waals surface area contributed by atoms with Gasteiger partial charge in [-0.15, -0.1) is 0 Å². The van der Waals surface area contributed by atoms with Crippen molar-refractivity contribution in [3.05, 3.63) is 42.5 Å². The number of carbonyl (C=O) groups is 3. The van der Waals surface area contributed by atoms with Gasteiger partial charge >= 0.3 is 12.1 Å². The largest absolute Gasteiger partial charge is 0.333 e. The van der Waals surface area contributed by atoms with Crippen LogP contribution in [0.4, 0.5) is 15.3 Å². The number of anilines is 1. The average Bonchev–Trinajstić information content (AvgIpc) is 3.32. The van der Waals surface area contributed by atoms with Crippen LogP contribution in [0.25, 0.3) is 10.8 Å². The molecule has 0 aromatic heterocycles. The molecule has 2 aromatic carbocycles. The maximum Gasteiger partial charge on any atom is 0.332 e. The SMILES string of the molecule is CC(C)(C)NC(=O)N1CC2CC1[C@@H]1C(=O)N(c3cccc4ccccc34)C(=O)N21. The van der Waals surface area contributed by atoms with E-state index < -0.39 is 6.04 Å². The highest BCUT2D eigenvalue weighted by Gasteiger charge is 2.63. The average molecular weight is 392 g/mol. The fourth-order valence-electron chi connectivity index (χ4n) is 4.91. The highest BCUT2D eigenvalue weighted by atomic mass is 16.2. The number of hydrogen-bond acceptors (Lipinski definition) is 3. The number of fused-ring (bicyclic) bond motifs is 6.